The fourth-order valence-electron chi connectivity index (χ4n) is 3.28. The Kier molecular flexibility index (Phi) is 7.23. The number of nitrogens with zero attached hydrogens (tertiary/aromatic N) is 2. The number of halogens is 1. The first-order valence-corrected chi connectivity index (χ1v) is 12.5. The zero-order valence-electron chi connectivity index (χ0n) is 19.4. The molecule has 1 fully saturated rings. The van der Waals surface area contributed by atoms with Crippen molar-refractivity contribution < 1.29 is 14.3 Å². The SMILES string of the molecule is CC(C)(C)OC(=O)NCCCNc1ncc(Cl)c(-c2cc3c(C(=O)NC4CC4)cccc3s2)n1. The molecule has 2 amide bonds. The van der Waals surface area contributed by atoms with E-state index in [0.717, 1.165) is 27.8 Å². The number of ether oxygens (including phenoxy) is 1. The Morgan fingerprint density at radius 1 is 1.24 bits per heavy atom. The van der Waals surface area contributed by atoms with Crippen LogP contribution in [-0.2, 0) is 4.74 Å². The molecule has 4 rings (SSSR count). The molecule has 10 heteroatoms. The van der Waals surface area contributed by atoms with E-state index in [2.05, 4.69) is 25.9 Å². The highest BCUT2D eigenvalue weighted by Gasteiger charge is 2.25. The number of nitrogens with one attached hydrogen (secondary N) is 3. The van der Waals surface area contributed by atoms with E-state index in [1.54, 1.807) is 6.20 Å². The van der Waals surface area contributed by atoms with E-state index in [4.69, 9.17) is 16.3 Å². The predicted octanol–water partition coefficient (Wildman–Crippen LogP) is 5.23. The first kappa shape index (κ1) is 24.2. The number of benzene rings is 1. The van der Waals surface area contributed by atoms with E-state index in [0.29, 0.717) is 47.8 Å². The molecule has 1 aliphatic rings. The van der Waals surface area contributed by atoms with Gasteiger partial charge in [-0.05, 0) is 58.2 Å². The molecule has 0 saturated heterocycles. The van der Waals surface area contributed by atoms with Crippen LogP contribution >= 0.6 is 22.9 Å². The number of carbonyl (C=O) groups is 2. The quantitative estimate of drug-likeness (QED) is 0.365. The average Bonchev–Trinajstić information content (AvgIpc) is 3.47. The van der Waals surface area contributed by atoms with Gasteiger partial charge in [-0.15, -0.1) is 11.3 Å². The van der Waals surface area contributed by atoms with Gasteiger partial charge in [-0.3, -0.25) is 4.79 Å². The van der Waals surface area contributed by atoms with Crippen molar-refractivity contribution in [2.24, 2.45) is 0 Å². The molecule has 0 aliphatic heterocycles. The maximum atomic E-state index is 12.7. The number of amides is 2. The molecule has 2 heterocycles. The van der Waals surface area contributed by atoms with Gasteiger partial charge in [-0.1, -0.05) is 17.7 Å². The summed E-state index contributed by atoms with van der Waals surface area (Å²) in [4.78, 5) is 34.1. The third kappa shape index (κ3) is 6.36. The van der Waals surface area contributed by atoms with Crippen LogP contribution in [0.1, 0.15) is 50.4 Å². The summed E-state index contributed by atoms with van der Waals surface area (Å²) < 4.78 is 6.21. The third-order valence-electron chi connectivity index (χ3n) is 5.00. The summed E-state index contributed by atoms with van der Waals surface area (Å²) in [6.45, 7) is 6.50. The Hall–Kier alpha value is -2.91. The van der Waals surface area contributed by atoms with Gasteiger partial charge in [-0.25, -0.2) is 14.8 Å². The van der Waals surface area contributed by atoms with E-state index in [9.17, 15) is 9.59 Å². The smallest absolute Gasteiger partial charge is 0.407 e. The molecule has 0 spiro atoms. The molecule has 180 valence electrons. The summed E-state index contributed by atoms with van der Waals surface area (Å²) in [5, 5.41) is 10.3. The molecule has 1 aromatic carbocycles. The minimum Gasteiger partial charge on any atom is -0.444 e. The van der Waals surface area contributed by atoms with Crippen molar-refractivity contribution in [2.75, 3.05) is 18.4 Å². The van der Waals surface area contributed by atoms with Crippen LogP contribution in [0, 0.1) is 0 Å². The molecule has 0 atom stereocenters. The van der Waals surface area contributed by atoms with Crippen molar-refractivity contribution >= 4 is 51.0 Å². The van der Waals surface area contributed by atoms with Crippen molar-refractivity contribution in [3.63, 3.8) is 0 Å². The van der Waals surface area contributed by atoms with Crippen LogP contribution in [-0.4, -0.2) is 46.7 Å². The van der Waals surface area contributed by atoms with Gasteiger partial charge in [0.2, 0.25) is 5.95 Å². The fourth-order valence-corrected chi connectivity index (χ4v) is 4.63. The second kappa shape index (κ2) is 10.1. The number of carbonyl (C=O) groups excluding carboxylic acids is 2. The lowest BCUT2D eigenvalue weighted by molar-refractivity contribution is 0.0527. The van der Waals surface area contributed by atoms with E-state index in [-0.39, 0.29) is 5.91 Å². The van der Waals surface area contributed by atoms with Crippen LogP contribution in [0.2, 0.25) is 5.02 Å². The van der Waals surface area contributed by atoms with Crippen molar-refractivity contribution in [1.29, 1.82) is 0 Å². The predicted molar refractivity (Wildman–Crippen MR) is 136 cm³/mol. The summed E-state index contributed by atoms with van der Waals surface area (Å²) in [6, 6.07) is 7.99. The van der Waals surface area contributed by atoms with Crippen LogP contribution in [0.3, 0.4) is 0 Å². The van der Waals surface area contributed by atoms with Gasteiger partial charge in [0.1, 0.15) is 11.3 Å². The van der Waals surface area contributed by atoms with Crippen molar-refractivity contribution in [1.82, 2.24) is 20.6 Å². The number of rotatable bonds is 8. The zero-order valence-corrected chi connectivity index (χ0v) is 21.0. The summed E-state index contributed by atoms with van der Waals surface area (Å²) in [5.41, 5.74) is 0.748. The summed E-state index contributed by atoms with van der Waals surface area (Å²) in [6.07, 6.45) is 3.88. The molecule has 34 heavy (non-hydrogen) atoms. The van der Waals surface area contributed by atoms with Crippen molar-refractivity contribution in [2.45, 2.75) is 51.7 Å². The Bertz CT molecular complexity index is 1200. The van der Waals surface area contributed by atoms with Gasteiger partial charge >= 0.3 is 6.09 Å². The van der Waals surface area contributed by atoms with Gasteiger partial charge in [0.25, 0.3) is 5.91 Å². The average molecular weight is 502 g/mol. The molecule has 8 nitrogen and oxygen atoms in total. The van der Waals surface area contributed by atoms with Crippen LogP contribution < -0.4 is 16.0 Å². The summed E-state index contributed by atoms with van der Waals surface area (Å²) >= 11 is 7.96. The van der Waals surface area contributed by atoms with Crippen LogP contribution in [0.5, 0.6) is 0 Å². The Morgan fingerprint density at radius 2 is 2.03 bits per heavy atom. The number of alkyl carbamates (subject to hydrolysis) is 1. The summed E-state index contributed by atoms with van der Waals surface area (Å²) in [7, 11) is 0. The van der Waals surface area contributed by atoms with E-state index in [1.165, 1.54) is 11.3 Å². The maximum Gasteiger partial charge on any atom is 0.407 e. The van der Waals surface area contributed by atoms with Gasteiger partial charge in [0, 0.05) is 34.8 Å². The Balaban J connectivity index is 1.41. The van der Waals surface area contributed by atoms with Crippen LogP contribution in [0.25, 0.3) is 20.7 Å². The number of thiophene rings is 1. The number of hydrogen-bond donors (Lipinski definition) is 3. The minimum atomic E-state index is -0.524. The molecule has 2 aromatic heterocycles. The highest BCUT2D eigenvalue weighted by molar-refractivity contribution is 7.22. The van der Waals surface area contributed by atoms with Crippen molar-refractivity contribution in [3.05, 3.63) is 41.0 Å². The first-order valence-electron chi connectivity index (χ1n) is 11.3. The lowest BCUT2D eigenvalue weighted by atomic mass is 10.1. The lowest BCUT2D eigenvalue weighted by Gasteiger charge is -2.19. The van der Waals surface area contributed by atoms with E-state index < -0.39 is 11.7 Å². The monoisotopic (exact) mass is 501 g/mol. The molecule has 3 N–H and O–H groups in total. The molecule has 3 aromatic rings. The van der Waals surface area contributed by atoms with Gasteiger partial charge in [0.15, 0.2) is 0 Å². The zero-order chi connectivity index (χ0) is 24.3. The second-order valence-corrected chi connectivity index (χ2v) is 10.7. The lowest BCUT2D eigenvalue weighted by Crippen LogP contribution is -2.33. The molecule has 0 unspecified atom stereocenters. The molecule has 1 saturated carbocycles. The number of hydrogen-bond acceptors (Lipinski definition) is 7. The Labute approximate surface area is 207 Å². The van der Waals surface area contributed by atoms with E-state index >= 15 is 0 Å². The largest absolute Gasteiger partial charge is 0.444 e. The van der Waals surface area contributed by atoms with E-state index in [1.807, 2.05) is 45.0 Å². The first-order chi connectivity index (χ1) is 16.2. The number of aromatic nitrogens is 2. The molecule has 1 aliphatic carbocycles. The van der Waals surface area contributed by atoms with Crippen molar-refractivity contribution in [3.8, 4) is 10.6 Å². The summed E-state index contributed by atoms with van der Waals surface area (Å²) in [5.74, 6) is 0.398. The highest BCUT2D eigenvalue weighted by Crippen LogP contribution is 2.37. The molecular weight excluding hydrogens is 474 g/mol. The fraction of sp³-hybridized carbons (Fsp3) is 0.417. The standard InChI is InChI=1S/C24H28ClN5O3S/c1-24(2,3)33-23(32)27-11-5-10-26-22-28-13-17(25)20(30-22)19-12-16-15(6-4-7-18(16)34-19)21(31)29-14-8-9-14/h4,6-7,12-14H,5,8-11H2,1-3H3,(H,27,32)(H,29,31)(H,26,28,30). The second-order valence-electron chi connectivity index (χ2n) is 9.17. The van der Waals surface area contributed by atoms with Gasteiger partial charge < -0.3 is 20.7 Å². The van der Waals surface area contributed by atoms with Gasteiger partial charge in [-0.2, -0.15) is 0 Å². The highest BCUT2D eigenvalue weighted by atomic mass is 35.5. The van der Waals surface area contributed by atoms with Crippen LogP contribution in [0.15, 0.2) is 30.5 Å². The molecule has 0 radical (unpaired) electrons. The third-order valence-corrected chi connectivity index (χ3v) is 6.38. The van der Waals surface area contributed by atoms with Crippen LogP contribution in [0.4, 0.5) is 10.7 Å². The normalized spacial score (nSPS) is 13.5. The number of fused-ring (bicyclic) bond motifs is 1. The maximum absolute atomic E-state index is 12.7. The Morgan fingerprint density at radius 3 is 2.76 bits per heavy atom. The molecular formula is C24H28ClN5O3S. The van der Waals surface area contributed by atoms with Gasteiger partial charge in [0.05, 0.1) is 16.1 Å². The minimum absolute atomic E-state index is 0.0476. The molecule has 0 bridgehead atoms. The topological polar surface area (TPSA) is 105 Å². The number of anilines is 1.